The highest BCUT2D eigenvalue weighted by Gasteiger charge is 2.13. The Labute approximate surface area is 149 Å². The number of nitrogens with zero attached hydrogens (tertiary/aromatic N) is 4. The van der Waals surface area contributed by atoms with Crippen molar-refractivity contribution >= 4 is 46.5 Å². The standard InChI is InChI=1S/C15H14ClN5O2.ClH/c16-11-2-3-12-13(4-6-18-14(12)10-11)17-5-1-8-20-9-7-19-15(20)21(22)23;/h2-4,6-7,9-10H,1,5,8H2,(H,17,18);1H. The third-order valence-electron chi connectivity index (χ3n) is 3.45. The van der Waals surface area contributed by atoms with Crippen LogP contribution < -0.4 is 5.32 Å². The predicted octanol–water partition coefficient (Wildman–Crippen LogP) is 3.92. The minimum atomic E-state index is -0.479. The number of nitrogens with one attached hydrogen (secondary N) is 1. The van der Waals surface area contributed by atoms with E-state index in [2.05, 4.69) is 15.3 Å². The van der Waals surface area contributed by atoms with Crippen molar-refractivity contribution in [2.75, 3.05) is 11.9 Å². The van der Waals surface area contributed by atoms with E-state index in [4.69, 9.17) is 11.6 Å². The summed E-state index contributed by atoms with van der Waals surface area (Å²) < 4.78 is 1.53. The van der Waals surface area contributed by atoms with Crippen molar-refractivity contribution in [1.82, 2.24) is 14.5 Å². The number of pyridine rings is 1. The molecule has 126 valence electrons. The zero-order valence-electron chi connectivity index (χ0n) is 12.6. The molecule has 3 rings (SSSR count). The van der Waals surface area contributed by atoms with Crippen LogP contribution in [0.1, 0.15) is 6.42 Å². The van der Waals surface area contributed by atoms with Gasteiger partial charge in [-0.05, 0) is 35.6 Å². The fourth-order valence-electron chi connectivity index (χ4n) is 2.40. The van der Waals surface area contributed by atoms with Crippen LogP contribution in [0.4, 0.5) is 11.6 Å². The predicted molar refractivity (Wildman–Crippen MR) is 96.0 cm³/mol. The van der Waals surface area contributed by atoms with Gasteiger partial charge in [-0.3, -0.25) is 4.98 Å². The average Bonchev–Trinajstić information content (AvgIpc) is 3.00. The number of benzene rings is 1. The Bertz CT molecular complexity index is 853. The van der Waals surface area contributed by atoms with Gasteiger partial charge in [-0.15, -0.1) is 12.4 Å². The maximum Gasteiger partial charge on any atom is 0.434 e. The Balaban J connectivity index is 0.00000208. The lowest BCUT2D eigenvalue weighted by Crippen LogP contribution is -2.08. The maximum atomic E-state index is 10.8. The van der Waals surface area contributed by atoms with Gasteiger partial charge in [-0.1, -0.05) is 16.6 Å². The number of anilines is 1. The molecule has 9 heteroatoms. The van der Waals surface area contributed by atoms with Crippen molar-refractivity contribution in [1.29, 1.82) is 0 Å². The molecule has 0 saturated carbocycles. The molecule has 2 aromatic heterocycles. The quantitative estimate of drug-likeness (QED) is 0.405. The Morgan fingerprint density at radius 3 is 2.88 bits per heavy atom. The molecule has 0 aliphatic heterocycles. The van der Waals surface area contributed by atoms with Crippen LogP contribution in [0.2, 0.25) is 5.02 Å². The Hall–Kier alpha value is -2.38. The molecule has 1 N–H and O–H groups in total. The van der Waals surface area contributed by atoms with Gasteiger partial charge in [0.1, 0.15) is 12.4 Å². The molecular weight excluding hydrogens is 353 g/mol. The first kappa shape index (κ1) is 18.0. The third kappa shape index (κ3) is 3.93. The molecule has 0 spiro atoms. The van der Waals surface area contributed by atoms with Gasteiger partial charge >= 0.3 is 5.95 Å². The number of halogens is 2. The smallest absolute Gasteiger partial charge is 0.390 e. The minimum Gasteiger partial charge on any atom is -0.390 e. The molecule has 24 heavy (non-hydrogen) atoms. The molecule has 0 atom stereocenters. The van der Waals surface area contributed by atoms with Crippen molar-refractivity contribution in [2.24, 2.45) is 0 Å². The number of imidazole rings is 1. The molecular formula is C15H15Cl2N5O2. The van der Waals surface area contributed by atoms with Gasteiger partial charge in [0.05, 0.1) is 12.1 Å². The zero-order valence-corrected chi connectivity index (χ0v) is 14.1. The summed E-state index contributed by atoms with van der Waals surface area (Å²) in [7, 11) is 0. The van der Waals surface area contributed by atoms with Crippen LogP contribution in [0.25, 0.3) is 10.9 Å². The first-order valence-electron chi connectivity index (χ1n) is 7.09. The molecule has 0 aliphatic carbocycles. The van der Waals surface area contributed by atoms with E-state index in [0.29, 0.717) is 18.1 Å². The Kier molecular flexibility index (Phi) is 5.94. The average molecular weight is 368 g/mol. The van der Waals surface area contributed by atoms with Crippen molar-refractivity contribution < 1.29 is 4.92 Å². The maximum absolute atomic E-state index is 10.8. The molecule has 0 aliphatic rings. The normalized spacial score (nSPS) is 10.4. The number of rotatable bonds is 6. The zero-order chi connectivity index (χ0) is 16.2. The number of aromatic nitrogens is 3. The minimum absolute atomic E-state index is 0. The molecule has 0 saturated heterocycles. The molecule has 0 radical (unpaired) electrons. The van der Waals surface area contributed by atoms with E-state index in [0.717, 1.165) is 23.0 Å². The van der Waals surface area contributed by atoms with E-state index in [-0.39, 0.29) is 18.4 Å². The number of hydrogen-bond donors (Lipinski definition) is 1. The summed E-state index contributed by atoms with van der Waals surface area (Å²) in [6.07, 6.45) is 5.50. The van der Waals surface area contributed by atoms with E-state index in [1.54, 1.807) is 12.4 Å². The van der Waals surface area contributed by atoms with Gasteiger partial charge in [0, 0.05) is 28.8 Å². The first-order valence-corrected chi connectivity index (χ1v) is 7.46. The summed E-state index contributed by atoms with van der Waals surface area (Å²) in [5, 5.41) is 15.8. The van der Waals surface area contributed by atoms with Gasteiger partial charge in [0.25, 0.3) is 0 Å². The topological polar surface area (TPSA) is 85.9 Å². The second kappa shape index (κ2) is 7.94. The van der Waals surface area contributed by atoms with Crippen LogP contribution in [-0.4, -0.2) is 26.0 Å². The van der Waals surface area contributed by atoms with Crippen LogP contribution in [0.15, 0.2) is 42.9 Å². The van der Waals surface area contributed by atoms with Crippen molar-refractivity contribution in [2.45, 2.75) is 13.0 Å². The largest absolute Gasteiger partial charge is 0.434 e. The lowest BCUT2D eigenvalue weighted by Gasteiger charge is -2.09. The SMILES string of the molecule is Cl.O=[N+]([O-])c1nccn1CCCNc1ccnc2cc(Cl)ccc12. The van der Waals surface area contributed by atoms with Crippen molar-refractivity contribution in [3.05, 3.63) is 58.0 Å². The van der Waals surface area contributed by atoms with E-state index in [9.17, 15) is 10.1 Å². The molecule has 2 heterocycles. The highest BCUT2D eigenvalue weighted by atomic mass is 35.5. The number of fused-ring (bicyclic) bond motifs is 1. The summed E-state index contributed by atoms with van der Waals surface area (Å²) in [5.74, 6) is -0.131. The van der Waals surface area contributed by atoms with Crippen LogP contribution in [0.5, 0.6) is 0 Å². The van der Waals surface area contributed by atoms with Gasteiger partial charge < -0.3 is 15.4 Å². The van der Waals surface area contributed by atoms with Gasteiger partial charge in [0.2, 0.25) is 0 Å². The van der Waals surface area contributed by atoms with E-state index < -0.39 is 4.92 Å². The van der Waals surface area contributed by atoms with Gasteiger partial charge in [-0.2, -0.15) is 0 Å². The van der Waals surface area contributed by atoms with Crippen LogP contribution >= 0.6 is 24.0 Å². The third-order valence-corrected chi connectivity index (χ3v) is 3.69. The fourth-order valence-corrected chi connectivity index (χ4v) is 2.56. The summed E-state index contributed by atoms with van der Waals surface area (Å²) in [5.41, 5.74) is 1.79. The Morgan fingerprint density at radius 1 is 1.25 bits per heavy atom. The molecule has 0 bridgehead atoms. The van der Waals surface area contributed by atoms with Gasteiger partial charge in [-0.25, -0.2) is 4.57 Å². The van der Waals surface area contributed by atoms with E-state index in [1.165, 1.54) is 10.8 Å². The van der Waals surface area contributed by atoms with Gasteiger partial charge in [0.15, 0.2) is 0 Å². The lowest BCUT2D eigenvalue weighted by molar-refractivity contribution is -0.396. The molecule has 0 unspecified atom stereocenters. The number of aryl methyl sites for hydroxylation is 1. The second-order valence-corrected chi connectivity index (χ2v) is 5.41. The van der Waals surface area contributed by atoms with Crippen LogP contribution in [-0.2, 0) is 6.54 Å². The highest BCUT2D eigenvalue weighted by molar-refractivity contribution is 6.31. The molecule has 0 fully saturated rings. The van der Waals surface area contributed by atoms with E-state index in [1.807, 2.05) is 24.3 Å². The molecule has 7 nitrogen and oxygen atoms in total. The number of hydrogen-bond acceptors (Lipinski definition) is 5. The fraction of sp³-hybridized carbons (Fsp3) is 0.200. The summed E-state index contributed by atoms with van der Waals surface area (Å²) >= 11 is 5.97. The molecule has 0 amide bonds. The summed E-state index contributed by atoms with van der Waals surface area (Å²) in [6.45, 7) is 1.20. The van der Waals surface area contributed by atoms with Crippen molar-refractivity contribution in [3.8, 4) is 0 Å². The van der Waals surface area contributed by atoms with Crippen LogP contribution in [0, 0.1) is 10.1 Å². The monoisotopic (exact) mass is 367 g/mol. The lowest BCUT2D eigenvalue weighted by atomic mass is 10.2. The number of nitro groups is 1. The summed E-state index contributed by atoms with van der Waals surface area (Å²) in [6, 6.07) is 7.46. The molecule has 3 aromatic rings. The summed E-state index contributed by atoms with van der Waals surface area (Å²) in [4.78, 5) is 18.3. The second-order valence-electron chi connectivity index (χ2n) is 4.98. The van der Waals surface area contributed by atoms with Crippen molar-refractivity contribution in [3.63, 3.8) is 0 Å². The highest BCUT2D eigenvalue weighted by Crippen LogP contribution is 2.24. The molecule has 1 aromatic carbocycles. The Morgan fingerprint density at radius 2 is 2.08 bits per heavy atom. The first-order chi connectivity index (χ1) is 11.1. The van der Waals surface area contributed by atoms with E-state index >= 15 is 0 Å². The van der Waals surface area contributed by atoms with Crippen LogP contribution in [0.3, 0.4) is 0 Å².